The van der Waals surface area contributed by atoms with Gasteiger partial charge < -0.3 is 14.0 Å². The van der Waals surface area contributed by atoms with Crippen molar-refractivity contribution >= 4 is 46.0 Å². The summed E-state index contributed by atoms with van der Waals surface area (Å²) in [5, 5.41) is 2.07. The molecule has 0 atom stereocenters. The van der Waals surface area contributed by atoms with E-state index in [1.807, 2.05) is 30.5 Å². The number of hydrogen-bond donors (Lipinski definition) is 0. The molecule has 6 heteroatoms. The average Bonchev–Trinajstić information content (AvgIpc) is 3.32. The van der Waals surface area contributed by atoms with Crippen LogP contribution in [0, 0.1) is 0 Å². The lowest BCUT2D eigenvalue weighted by atomic mass is 10.1. The topological polar surface area (TPSA) is 40.5 Å². The van der Waals surface area contributed by atoms with Gasteiger partial charge in [-0.15, -0.1) is 0 Å². The Hall–Kier alpha value is -3.21. The number of para-hydroxylation sites is 1. The number of ether oxygens (including phenoxy) is 2. The molecule has 0 bridgehead atoms. The number of allylic oxidation sites excluding steroid dienone is 1. The molecule has 4 nitrogen and oxygen atoms in total. The van der Waals surface area contributed by atoms with Crippen LogP contribution in [-0.2, 0) is 13.2 Å². The number of ketones is 1. The first-order chi connectivity index (χ1) is 15.5. The van der Waals surface area contributed by atoms with Gasteiger partial charge in [0.1, 0.15) is 18.1 Å². The zero-order valence-electron chi connectivity index (χ0n) is 17.3. The van der Waals surface area contributed by atoms with E-state index in [2.05, 4.69) is 23.6 Å². The number of carbonyl (C=O) groups excluding carboxylic acids is 1. The normalized spacial score (nSPS) is 14.1. The van der Waals surface area contributed by atoms with Gasteiger partial charge in [0.15, 0.2) is 5.76 Å². The Balaban J connectivity index is 1.39. The molecule has 0 spiro atoms. The molecule has 0 radical (unpaired) electrons. The lowest BCUT2D eigenvalue weighted by Gasteiger charge is -2.08. The number of fused-ring (bicyclic) bond motifs is 2. The summed E-state index contributed by atoms with van der Waals surface area (Å²) in [5.41, 5.74) is 3.50. The number of nitrogens with zero attached hydrogens (tertiary/aromatic N) is 1. The van der Waals surface area contributed by atoms with Crippen LogP contribution in [0.1, 0.15) is 28.4 Å². The second kappa shape index (κ2) is 8.38. The third kappa shape index (κ3) is 3.77. The third-order valence-electron chi connectivity index (χ3n) is 5.48. The zero-order valence-corrected chi connectivity index (χ0v) is 18.8. The number of hydrogen-bond acceptors (Lipinski definition) is 3. The van der Waals surface area contributed by atoms with Crippen molar-refractivity contribution in [2.45, 2.75) is 20.1 Å². The molecule has 1 aromatic heterocycles. The molecule has 32 heavy (non-hydrogen) atoms. The van der Waals surface area contributed by atoms with Crippen molar-refractivity contribution in [3.8, 4) is 11.5 Å². The van der Waals surface area contributed by atoms with Crippen molar-refractivity contribution in [2.24, 2.45) is 0 Å². The van der Waals surface area contributed by atoms with Crippen LogP contribution in [0.5, 0.6) is 11.5 Å². The molecule has 160 valence electrons. The highest BCUT2D eigenvalue weighted by atomic mass is 35.5. The molecular formula is C26H19Cl2NO3. The van der Waals surface area contributed by atoms with E-state index in [-0.39, 0.29) is 5.78 Å². The van der Waals surface area contributed by atoms with E-state index in [1.54, 1.807) is 30.3 Å². The first kappa shape index (κ1) is 20.7. The van der Waals surface area contributed by atoms with Crippen molar-refractivity contribution < 1.29 is 14.3 Å². The van der Waals surface area contributed by atoms with Crippen LogP contribution in [0.4, 0.5) is 0 Å². The lowest BCUT2D eigenvalue weighted by Crippen LogP contribution is -1.98. The van der Waals surface area contributed by atoms with Gasteiger partial charge in [0, 0.05) is 35.3 Å². The fourth-order valence-corrected chi connectivity index (χ4v) is 4.17. The van der Waals surface area contributed by atoms with Crippen LogP contribution in [0.15, 0.2) is 72.6 Å². The largest absolute Gasteiger partial charge is 0.489 e. The number of aromatic nitrogens is 1. The quantitative estimate of drug-likeness (QED) is 0.294. The van der Waals surface area contributed by atoms with E-state index in [0.717, 1.165) is 28.6 Å². The molecule has 3 aromatic carbocycles. The highest BCUT2D eigenvalue weighted by Crippen LogP contribution is 2.36. The summed E-state index contributed by atoms with van der Waals surface area (Å²) in [6.45, 7) is 3.26. The van der Waals surface area contributed by atoms with E-state index in [1.165, 1.54) is 0 Å². The highest BCUT2D eigenvalue weighted by molar-refractivity contribution is 6.42. The number of aryl methyl sites for hydroxylation is 1. The minimum atomic E-state index is -0.135. The molecule has 0 unspecified atom stereocenters. The van der Waals surface area contributed by atoms with Crippen molar-refractivity contribution in [3.63, 3.8) is 0 Å². The Morgan fingerprint density at radius 3 is 2.69 bits per heavy atom. The van der Waals surface area contributed by atoms with Gasteiger partial charge in [-0.2, -0.15) is 0 Å². The molecular weight excluding hydrogens is 445 g/mol. The zero-order chi connectivity index (χ0) is 22.2. The first-order valence-corrected chi connectivity index (χ1v) is 11.0. The summed E-state index contributed by atoms with van der Waals surface area (Å²) >= 11 is 12.0. The predicted molar refractivity (Wildman–Crippen MR) is 128 cm³/mol. The molecule has 0 N–H and O–H groups in total. The Morgan fingerprint density at radius 2 is 1.88 bits per heavy atom. The van der Waals surface area contributed by atoms with Crippen molar-refractivity contribution in [1.82, 2.24) is 4.57 Å². The summed E-state index contributed by atoms with van der Waals surface area (Å²) in [5.74, 6) is 1.27. The fourth-order valence-electron chi connectivity index (χ4n) is 3.85. The van der Waals surface area contributed by atoms with E-state index in [9.17, 15) is 4.79 Å². The van der Waals surface area contributed by atoms with Gasteiger partial charge in [0.05, 0.1) is 15.6 Å². The Labute approximate surface area is 195 Å². The summed E-state index contributed by atoms with van der Waals surface area (Å²) in [6.07, 6.45) is 3.86. The number of Topliss-reactive ketones (excluding diaryl/α,β-unsaturated/α-hetero) is 1. The van der Waals surface area contributed by atoms with E-state index < -0.39 is 0 Å². The van der Waals surface area contributed by atoms with Crippen LogP contribution in [-0.4, -0.2) is 10.4 Å². The Morgan fingerprint density at radius 1 is 1.03 bits per heavy atom. The SMILES string of the molecule is CCn1cc(C=C2Oc3cc(OCc4ccc(Cl)c(Cl)c4)ccc3C2=O)c2ccccc21. The number of benzene rings is 3. The molecule has 0 amide bonds. The smallest absolute Gasteiger partial charge is 0.231 e. The second-order valence-electron chi connectivity index (χ2n) is 7.52. The van der Waals surface area contributed by atoms with E-state index in [0.29, 0.717) is 39.5 Å². The fraction of sp³-hybridized carbons (Fsp3) is 0.115. The average molecular weight is 464 g/mol. The van der Waals surface area contributed by atoms with Crippen molar-refractivity contribution in [2.75, 3.05) is 0 Å². The van der Waals surface area contributed by atoms with Crippen molar-refractivity contribution in [3.05, 3.63) is 99.4 Å². The second-order valence-corrected chi connectivity index (χ2v) is 8.34. The van der Waals surface area contributed by atoms with Crippen LogP contribution < -0.4 is 9.47 Å². The predicted octanol–water partition coefficient (Wildman–Crippen LogP) is 7.16. The minimum Gasteiger partial charge on any atom is -0.489 e. The monoisotopic (exact) mass is 463 g/mol. The standard InChI is InChI=1S/C26H19Cl2NO3/c1-2-29-14-17(19-5-3-4-6-23(19)29)12-25-26(30)20-9-8-18(13-24(20)32-25)31-15-16-7-10-21(27)22(28)11-16/h3-14H,2,15H2,1H3. The van der Waals surface area contributed by atoms with Gasteiger partial charge in [-0.25, -0.2) is 0 Å². The summed E-state index contributed by atoms with van der Waals surface area (Å²) < 4.78 is 13.9. The molecule has 1 aliphatic heterocycles. The Kier molecular flexibility index (Phi) is 5.41. The first-order valence-electron chi connectivity index (χ1n) is 10.3. The maximum atomic E-state index is 12.9. The van der Waals surface area contributed by atoms with E-state index >= 15 is 0 Å². The van der Waals surface area contributed by atoms with Crippen LogP contribution in [0.3, 0.4) is 0 Å². The van der Waals surface area contributed by atoms with Gasteiger partial charge in [0.2, 0.25) is 5.78 Å². The molecule has 0 fully saturated rings. The summed E-state index contributed by atoms with van der Waals surface area (Å²) in [4.78, 5) is 12.9. The molecule has 2 heterocycles. The number of rotatable bonds is 5. The van der Waals surface area contributed by atoms with Gasteiger partial charge in [-0.05, 0) is 48.9 Å². The maximum absolute atomic E-state index is 12.9. The molecule has 4 aromatic rings. The Bertz CT molecular complexity index is 1390. The van der Waals surface area contributed by atoms with Crippen LogP contribution in [0.25, 0.3) is 17.0 Å². The molecule has 1 aliphatic rings. The van der Waals surface area contributed by atoms with Gasteiger partial charge in [-0.3, -0.25) is 4.79 Å². The lowest BCUT2D eigenvalue weighted by molar-refractivity contribution is 0.101. The molecule has 0 saturated carbocycles. The van der Waals surface area contributed by atoms with Crippen LogP contribution in [0.2, 0.25) is 10.0 Å². The summed E-state index contributed by atoms with van der Waals surface area (Å²) in [6, 6.07) is 18.7. The number of halogens is 2. The van der Waals surface area contributed by atoms with Gasteiger partial charge in [0.25, 0.3) is 0 Å². The molecule has 0 saturated heterocycles. The minimum absolute atomic E-state index is 0.135. The highest BCUT2D eigenvalue weighted by Gasteiger charge is 2.28. The summed E-state index contributed by atoms with van der Waals surface area (Å²) in [7, 11) is 0. The number of carbonyl (C=O) groups is 1. The van der Waals surface area contributed by atoms with E-state index in [4.69, 9.17) is 32.7 Å². The van der Waals surface area contributed by atoms with Gasteiger partial charge in [-0.1, -0.05) is 47.5 Å². The third-order valence-corrected chi connectivity index (χ3v) is 6.22. The maximum Gasteiger partial charge on any atom is 0.231 e. The molecule has 0 aliphatic carbocycles. The van der Waals surface area contributed by atoms with Crippen LogP contribution >= 0.6 is 23.2 Å². The van der Waals surface area contributed by atoms with Crippen molar-refractivity contribution in [1.29, 1.82) is 0 Å². The van der Waals surface area contributed by atoms with Gasteiger partial charge >= 0.3 is 0 Å². The molecule has 5 rings (SSSR count).